The number of carbonyl (C=O) groups excluding carboxylic acids is 1. The van der Waals surface area contributed by atoms with Crippen LogP contribution < -0.4 is 4.90 Å². The van der Waals surface area contributed by atoms with Crippen molar-refractivity contribution in [1.29, 1.82) is 0 Å². The zero-order valence-electron chi connectivity index (χ0n) is 9.18. The molecule has 0 amide bonds. The van der Waals surface area contributed by atoms with Crippen molar-refractivity contribution in [3.05, 3.63) is 40.9 Å². The number of para-hydroxylation sites is 1. The van der Waals surface area contributed by atoms with Gasteiger partial charge in [0.2, 0.25) is 0 Å². The fourth-order valence-electron chi connectivity index (χ4n) is 1.53. The fourth-order valence-corrected chi connectivity index (χ4v) is 2.23. The van der Waals surface area contributed by atoms with Crippen LogP contribution in [-0.2, 0) is 0 Å². The molecule has 0 aliphatic heterocycles. The molecule has 0 aliphatic carbocycles. The Hall–Kier alpha value is -1.68. The van der Waals surface area contributed by atoms with Crippen molar-refractivity contribution in [3.63, 3.8) is 0 Å². The van der Waals surface area contributed by atoms with E-state index in [1.165, 1.54) is 16.9 Å². The van der Waals surface area contributed by atoms with Gasteiger partial charge in [0.1, 0.15) is 0 Å². The Kier molecular flexibility index (Phi) is 3.01. The first-order valence-corrected chi connectivity index (χ1v) is 5.74. The first-order valence-electron chi connectivity index (χ1n) is 4.92. The summed E-state index contributed by atoms with van der Waals surface area (Å²) in [7, 11) is 1.95. The maximum Gasteiger partial charge on any atom is 0.190 e. The third-order valence-corrected chi connectivity index (χ3v) is 3.39. The van der Waals surface area contributed by atoms with Crippen LogP contribution in [0.3, 0.4) is 0 Å². The van der Waals surface area contributed by atoms with Gasteiger partial charge >= 0.3 is 0 Å². The Morgan fingerprint density at radius 3 is 2.75 bits per heavy atom. The Morgan fingerprint density at radius 2 is 2.12 bits per heavy atom. The van der Waals surface area contributed by atoms with E-state index in [2.05, 4.69) is 18.0 Å². The van der Waals surface area contributed by atoms with E-state index in [0.29, 0.717) is 4.88 Å². The molecule has 1 aromatic carbocycles. The number of aryl methyl sites for hydroxylation is 1. The summed E-state index contributed by atoms with van der Waals surface area (Å²) in [6, 6.07) is 8.09. The number of rotatable bonds is 3. The van der Waals surface area contributed by atoms with Gasteiger partial charge < -0.3 is 4.90 Å². The van der Waals surface area contributed by atoms with Gasteiger partial charge in [-0.05, 0) is 18.6 Å². The van der Waals surface area contributed by atoms with Crippen molar-refractivity contribution in [3.8, 4) is 0 Å². The molecule has 0 saturated carbocycles. The number of anilines is 2. The lowest BCUT2D eigenvalue weighted by Gasteiger charge is -2.17. The number of hydrogen-bond donors (Lipinski definition) is 0. The van der Waals surface area contributed by atoms with Gasteiger partial charge in [-0.25, -0.2) is 4.98 Å². The summed E-state index contributed by atoms with van der Waals surface area (Å²) >= 11 is 1.39. The lowest BCUT2D eigenvalue weighted by molar-refractivity contribution is 0.112. The van der Waals surface area contributed by atoms with Crippen LogP contribution in [0.5, 0.6) is 0 Å². The highest BCUT2D eigenvalue weighted by Crippen LogP contribution is 2.29. The smallest absolute Gasteiger partial charge is 0.190 e. The maximum atomic E-state index is 10.6. The number of thiazole rings is 1. The Morgan fingerprint density at radius 1 is 1.38 bits per heavy atom. The van der Waals surface area contributed by atoms with Crippen LogP contribution >= 0.6 is 11.3 Å². The molecule has 0 bridgehead atoms. The molecule has 0 radical (unpaired) electrons. The third kappa shape index (κ3) is 1.97. The topological polar surface area (TPSA) is 33.2 Å². The molecule has 0 unspecified atom stereocenters. The van der Waals surface area contributed by atoms with E-state index in [4.69, 9.17) is 0 Å². The number of hydrogen-bond acceptors (Lipinski definition) is 4. The molecule has 4 heteroatoms. The summed E-state index contributed by atoms with van der Waals surface area (Å²) < 4.78 is 0. The molecule has 0 fully saturated rings. The van der Waals surface area contributed by atoms with E-state index in [0.717, 1.165) is 17.1 Å². The SMILES string of the molecule is Cc1ccccc1N(C)c1ncc(C=O)s1. The molecule has 0 aliphatic rings. The Balaban J connectivity index is 2.35. The molecular formula is C12H12N2OS. The van der Waals surface area contributed by atoms with Crippen LogP contribution in [0.4, 0.5) is 10.8 Å². The molecule has 16 heavy (non-hydrogen) atoms. The number of aldehydes is 1. The van der Waals surface area contributed by atoms with Crippen molar-refractivity contribution in [2.45, 2.75) is 6.92 Å². The molecule has 1 heterocycles. The normalized spacial score (nSPS) is 10.1. The molecule has 0 saturated heterocycles. The first-order chi connectivity index (χ1) is 7.72. The number of aromatic nitrogens is 1. The molecule has 3 nitrogen and oxygen atoms in total. The van der Waals surface area contributed by atoms with Crippen LogP contribution in [-0.4, -0.2) is 18.3 Å². The van der Waals surface area contributed by atoms with E-state index in [9.17, 15) is 4.79 Å². The highest BCUT2D eigenvalue weighted by atomic mass is 32.1. The van der Waals surface area contributed by atoms with Crippen molar-refractivity contribution in [1.82, 2.24) is 4.98 Å². The van der Waals surface area contributed by atoms with Crippen LogP contribution in [0.15, 0.2) is 30.5 Å². The van der Waals surface area contributed by atoms with Crippen LogP contribution in [0.1, 0.15) is 15.2 Å². The number of carbonyl (C=O) groups is 1. The zero-order chi connectivity index (χ0) is 11.5. The molecule has 2 rings (SSSR count). The minimum atomic E-state index is 0.649. The van der Waals surface area contributed by atoms with Gasteiger partial charge in [0.25, 0.3) is 0 Å². The van der Waals surface area contributed by atoms with Crippen LogP contribution in [0.25, 0.3) is 0 Å². The largest absolute Gasteiger partial charge is 0.321 e. The summed E-state index contributed by atoms with van der Waals surface area (Å²) in [6.07, 6.45) is 2.43. The average Bonchev–Trinajstić information content (AvgIpc) is 2.77. The molecule has 0 N–H and O–H groups in total. The van der Waals surface area contributed by atoms with Crippen molar-refractivity contribution < 1.29 is 4.79 Å². The van der Waals surface area contributed by atoms with Crippen molar-refractivity contribution in [2.75, 3.05) is 11.9 Å². The summed E-state index contributed by atoms with van der Waals surface area (Å²) in [5.74, 6) is 0. The maximum absolute atomic E-state index is 10.6. The second-order valence-corrected chi connectivity index (χ2v) is 4.55. The molecule has 0 atom stereocenters. The highest BCUT2D eigenvalue weighted by molar-refractivity contribution is 7.17. The standard InChI is InChI=1S/C12H12N2OS/c1-9-5-3-4-6-11(9)14(2)12-13-7-10(8-15)16-12/h3-8H,1-2H3. The summed E-state index contributed by atoms with van der Waals surface area (Å²) in [5.41, 5.74) is 2.29. The quantitative estimate of drug-likeness (QED) is 0.763. The monoisotopic (exact) mass is 232 g/mol. The predicted octanol–water partition coefficient (Wildman–Crippen LogP) is 3.03. The van der Waals surface area contributed by atoms with Crippen LogP contribution in [0, 0.1) is 6.92 Å². The Labute approximate surface area is 98.4 Å². The minimum absolute atomic E-state index is 0.649. The van der Waals surface area contributed by atoms with Gasteiger partial charge in [0, 0.05) is 12.7 Å². The molecule has 1 aromatic heterocycles. The zero-order valence-corrected chi connectivity index (χ0v) is 9.99. The van der Waals surface area contributed by atoms with Gasteiger partial charge in [-0.3, -0.25) is 4.79 Å². The Bertz CT molecular complexity index is 507. The van der Waals surface area contributed by atoms with E-state index >= 15 is 0 Å². The third-order valence-electron chi connectivity index (χ3n) is 2.39. The van der Waals surface area contributed by atoms with E-state index in [1.807, 2.05) is 30.1 Å². The summed E-state index contributed by atoms with van der Waals surface area (Å²) in [5, 5.41) is 0.830. The van der Waals surface area contributed by atoms with Crippen molar-refractivity contribution in [2.24, 2.45) is 0 Å². The predicted molar refractivity (Wildman–Crippen MR) is 66.7 cm³/mol. The van der Waals surface area contributed by atoms with E-state index in [1.54, 1.807) is 6.20 Å². The second-order valence-electron chi connectivity index (χ2n) is 3.51. The summed E-state index contributed by atoms with van der Waals surface area (Å²) in [4.78, 5) is 17.5. The molecular weight excluding hydrogens is 220 g/mol. The van der Waals surface area contributed by atoms with Gasteiger partial charge in [-0.15, -0.1) is 0 Å². The molecule has 82 valence electrons. The molecule has 2 aromatic rings. The van der Waals surface area contributed by atoms with Gasteiger partial charge in [-0.1, -0.05) is 29.5 Å². The number of nitrogens with zero attached hydrogens (tertiary/aromatic N) is 2. The number of benzene rings is 1. The lowest BCUT2D eigenvalue weighted by Crippen LogP contribution is -2.10. The van der Waals surface area contributed by atoms with E-state index < -0.39 is 0 Å². The fraction of sp³-hybridized carbons (Fsp3) is 0.167. The lowest BCUT2D eigenvalue weighted by atomic mass is 10.2. The highest BCUT2D eigenvalue weighted by Gasteiger charge is 2.10. The van der Waals surface area contributed by atoms with Crippen molar-refractivity contribution >= 4 is 28.4 Å². The van der Waals surface area contributed by atoms with E-state index in [-0.39, 0.29) is 0 Å². The average molecular weight is 232 g/mol. The molecule has 0 spiro atoms. The van der Waals surface area contributed by atoms with Crippen LogP contribution in [0.2, 0.25) is 0 Å². The van der Waals surface area contributed by atoms with Gasteiger partial charge in [0.05, 0.1) is 11.1 Å². The van der Waals surface area contributed by atoms with Gasteiger partial charge in [-0.2, -0.15) is 0 Å². The summed E-state index contributed by atoms with van der Waals surface area (Å²) in [6.45, 7) is 2.06. The second kappa shape index (κ2) is 4.45. The van der Waals surface area contributed by atoms with Gasteiger partial charge in [0.15, 0.2) is 11.4 Å². The minimum Gasteiger partial charge on any atom is -0.321 e. The first kappa shape index (κ1) is 10.8.